The Bertz CT molecular complexity index is 821. The van der Waals surface area contributed by atoms with Gasteiger partial charge in [0, 0.05) is 18.1 Å². The summed E-state index contributed by atoms with van der Waals surface area (Å²) in [5.41, 5.74) is 0.640. The first-order valence-electron chi connectivity index (χ1n) is 9.23. The molecule has 2 rings (SSSR count). The molecule has 1 aromatic heterocycles. The number of rotatable bonds is 7. The minimum absolute atomic E-state index is 0.0310. The molecule has 2 aromatic rings. The van der Waals surface area contributed by atoms with Gasteiger partial charge in [-0.2, -0.15) is 0 Å². The fourth-order valence-corrected chi connectivity index (χ4v) is 4.14. The molecule has 0 spiro atoms. The Balaban J connectivity index is 2.39. The zero-order valence-corrected chi connectivity index (χ0v) is 17.3. The molecule has 0 aliphatic carbocycles. The highest BCUT2D eigenvalue weighted by molar-refractivity contribution is 7.99. The van der Waals surface area contributed by atoms with Crippen molar-refractivity contribution in [3.63, 3.8) is 0 Å². The minimum Gasteiger partial charge on any atom is -0.337 e. The molecule has 0 bridgehead atoms. The molecule has 1 atom stereocenters. The van der Waals surface area contributed by atoms with Crippen LogP contribution in [-0.4, -0.2) is 38.2 Å². The average molecular weight is 376 g/mol. The second-order valence-corrected chi connectivity index (χ2v) is 8.06. The first-order chi connectivity index (χ1) is 12.3. The third-order valence-electron chi connectivity index (χ3n) is 4.53. The number of nitrogens with zero attached hydrogens (tertiary/aromatic N) is 3. The fourth-order valence-electron chi connectivity index (χ4n) is 3.17. The van der Waals surface area contributed by atoms with E-state index in [1.54, 1.807) is 4.57 Å². The van der Waals surface area contributed by atoms with Crippen LogP contribution in [0.1, 0.15) is 54.0 Å². The largest absolute Gasteiger partial charge is 0.337 e. The molecule has 0 radical (unpaired) electrons. The van der Waals surface area contributed by atoms with E-state index in [0.29, 0.717) is 16.1 Å². The molecular weight excluding hydrogens is 346 g/mol. The summed E-state index contributed by atoms with van der Waals surface area (Å²) >= 11 is 1.35. The summed E-state index contributed by atoms with van der Waals surface area (Å²) in [7, 11) is 0. The van der Waals surface area contributed by atoms with E-state index in [0.717, 1.165) is 6.42 Å². The van der Waals surface area contributed by atoms with Crippen LogP contribution < -0.4 is 5.56 Å². The molecule has 0 saturated carbocycles. The van der Waals surface area contributed by atoms with E-state index >= 15 is 0 Å². The predicted octanol–water partition coefficient (Wildman–Crippen LogP) is 4.11. The molecule has 0 aliphatic heterocycles. The number of aromatic nitrogens is 2. The topological polar surface area (TPSA) is 55.2 Å². The van der Waals surface area contributed by atoms with Crippen molar-refractivity contribution in [2.24, 2.45) is 0 Å². The first-order valence-corrected chi connectivity index (χ1v) is 10.2. The molecule has 1 amide bonds. The number of carbonyl (C=O) groups is 1. The van der Waals surface area contributed by atoms with Crippen LogP contribution in [0.5, 0.6) is 0 Å². The molecule has 1 aromatic carbocycles. The molecular formula is C20H29N3O2S. The van der Waals surface area contributed by atoms with Gasteiger partial charge in [0.05, 0.1) is 16.7 Å². The molecule has 5 nitrogen and oxygen atoms in total. The lowest BCUT2D eigenvalue weighted by Gasteiger charge is -2.30. The van der Waals surface area contributed by atoms with Gasteiger partial charge < -0.3 is 4.90 Å². The van der Waals surface area contributed by atoms with Crippen molar-refractivity contribution >= 4 is 28.6 Å². The fraction of sp³-hybridized carbons (Fsp3) is 0.550. The van der Waals surface area contributed by atoms with Crippen molar-refractivity contribution in [1.29, 1.82) is 0 Å². The Morgan fingerprint density at radius 1 is 1.15 bits per heavy atom. The lowest BCUT2D eigenvalue weighted by molar-refractivity contribution is -0.131. The van der Waals surface area contributed by atoms with Gasteiger partial charge in [-0.1, -0.05) is 30.8 Å². The number of benzene rings is 1. The molecule has 0 N–H and O–H groups in total. The van der Waals surface area contributed by atoms with E-state index < -0.39 is 0 Å². The van der Waals surface area contributed by atoms with Crippen LogP contribution in [0.3, 0.4) is 0 Å². The second kappa shape index (κ2) is 8.71. The highest BCUT2D eigenvalue weighted by Crippen LogP contribution is 2.23. The predicted molar refractivity (Wildman–Crippen MR) is 109 cm³/mol. The zero-order chi connectivity index (χ0) is 19.4. The number of fused-ring (bicyclic) bond motifs is 1. The van der Waals surface area contributed by atoms with E-state index in [2.05, 4.69) is 4.98 Å². The maximum absolute atomic E-state index is 13.0. The standard InChI is InChI=1S/C20H29N3O2S/c1-7-15(6)23-19(25)16-10-8-9-11-17(16)21-20(23)26-12-18(24)22(13(2)3)14(4)5/h8-11,13-15H,7,12H2,1-6H3/t15-/m0/s1. The Hall–Kier alpha value is -1.82. The number of carbonyl (C=O) groups excluding carboxylic acids is 1. The Labute approximate surface area is 159 Å². The number of thioether (sulfide) groups is 1. The van der Waals surface area contributed by atoms with Crippen LogP contribution in [0.15, 0.2) is 34.2 Å². The summed E-state index contributed by atoms with van der Waals surface area (Å²) in [6.45, 7) is 12.1. The van der Waals surface area contributed by atoms with Gasteiger partial charge in [-0.3, -0.25) is 14.2 Å². The van der Waals surface area contributed by atoms with Crippen molar-refractivity contribution in [1.82, 2.24) is 14.5 Å². The summed E-state index contributed by atoms with van der Waals surface area (Å²) in [5, 5.41) is 1.23. The molecule has 0 fully saturated rings. The van der Waals surface area contributed by atoms with Crippen molar-refractivity contribution < 1.29 is 4.79 Å². The molecule has 26 heavy (non-hydrogen) atoms. The van der Waals surface area contributed by atoms with Crippen molar-refractivity contribution in [3.05, 3.63) is 34.6 Å². The maximum atomic E-state index is 13.0. The van der Waals surface area contributed by atoms with Gasteiger partial charge in [0.15, 0.2) is 5.16 Å². The lowest BCUT2D eigenvalue weighted by Crippen LogP contribution is -2.43. The molecule has 1 heterocycles. The molecule has 142 valence electrons. The highest BCUT2D eigenvalue weighted by atomic mass is 32.2. The highest BCUT2D eigenvalue weighted by Gasteiger charge is 2.22. The second-order valence-electron chi connectivity index (χ2n) is 7.12. The monoisotopic (exact) mass is 375 g/mol. The normalized spacial score (nSPS) is 12.8. The molecule has 0 unspecified atom stereocenters. The van der Waals surface area contributed by atoms with E-state index in [-0.39, 0.29) is 35.3 Å². The van der Waals surface area contributed by atoms with Crippen LogP contribution in [0.2, 0.25) is 0 Å². The minimum atomic E-state index is -0.0375. The van der Waals surface area contributed by atoms with E-state index in [9.17, 15) is 9.59 Å². The Morgan fingerprint density at radius 2 is 1.77 bits per heavy atom. The SMILES string of the molecule is CC[C@H](C)n1c(SCC(=O)N(C(C)C)C(C)C)nc2ccccc2c1=O. The van der Waals surface area contributed by atoms with Crippen LogP contribution >= 0.6 is 11.8 Å². The Morgan fingerprint density at radius 3 is 2.35 bits per heavy atom. The molecule has 0 saturated heterocycles. The van der Waals surface area contributed by atoms with E-state index in [1.165, 1.54) is 11.8 Å². The molecule has 0 aliphatic rings. The van der Waals surface area contributed by atoms with Crippen LogP contribution in [0.4, 0.5) is 0 Å². The lowest BCUT2D eigenvalue weighted by atomic mass is 10.2. The summed E-state index contributed by atoms with van der Waals surface area (Å²) in [5.74, 6) is 0.343. The van der Waals surface area contributed by atoms with Gasteiger partial charge in [-0.15, -0.1) is 0 Å². The Kier molecular flexibility index (Phi) is 6.87. The van der Waals surface area contributed by atoms with Crippen LogP contribution in [0, 0.1) is 0 Å². The van der Waals surface area contributed by atoms with Gasteiger partial charge in [0.2, 0.25) is 5.91 Å². The third-order valence-corrected chi connectivity index (χ3v) is 5.47. The van der Waals surface area contributed by atoms with Crippen molar-refractivity contribution in [3.8, 4) is 0 Å². The summed E-state index contributed by atoms with van der Waals surface area (Å²) in [6.07, 6.45) is 0.825. The van der Waals surface area contributed by atoms with Gasteiger partial charge in [0.1, 0.15) is 0 Å². The number of amides is 1. The van der Waals surface area contributed by atoms with Gasteiger partial charge in [-0.25, -0.2) is 4.98 Å². The summed E-state index contributed by atoms with van der Waals surface area (Å²) in [6, 6.07) is 7.70. The van der Waals surface area contributed by atoms with Crippen LogP contribution in [0.25, 0.3) is 10.9 Å². The van der Waals surface area contributed by atoms with Crippen molar-refractivity contribution in [2.45, 2.75) is 71.2 Å². The quantitative estimate of drug-likeness (QED) is 0.540. The third kappa shape index (κ3) is 4.29. The van der Waals surface area contributed by atoms with Gasteiger partial charge >= 0.3 is 0 Å². The van der Waals surface area contributed by atoms with E-state index in [4.69, 9.17) is 0 Å². The summed E-state index contributed by atoms with van der Waals surface area (Å²) in [4.78, 5) is 32.2. The van der Waals surface area contributed by atoms with Gasteiger partial charge in [0.25, 0.3) is 5.56 Å². The van der Waals surface area contributed by atoms with E-state index in [1.807, 2.05) is 70.7 Å². The van der Waals surface area contributed by atoms with Crippen LogP contribution in [-0.2, 0) is 4.79 Å². The average Bonchev–Trinajstić information content (AvgIpc) is 2.58. The number of hydrogen-bond acceptors (Lipinski definition) is 4. The summed E-state index contributed by atoms with van der Waals surface area (Å²) < 4.78 is 1.73. The maximum Gasteiger partial charge on any atom is 0.262 e. The van der Waals surface area contributed by atoms with Crippen molar-refractivity contribution in [2.75, 3.05) is 5.75 Å². The smallest absolute Gasteiger partial charge is 0.262 e. The molecule has 6 heteroatoms. The first kappa shape index (κ1) is 20.5. The number of hydrogen-bond donors (Lipinski definition) is 0. The van der Waals surface area contributed by atoms with Gasteiger partial charge in [-0.05, 0) is 53.2 Å². The zero-order valence-electron chi connectivity index (χ0n) is 16.5. The number of para-hydroxylation sites is 1.